The summed E-state index contributed by atoms with van der Waals surface area (Å²) in [5, 5.41) is 8.10. The van der Waals surface area contributed by atoms with Gasteiger partial charge in [0.05, 0.1) is 33.4 Å². The molecule has 0 saturated carbocycles. The van der Waals surface area contributed by atoms with E-state index in [0.29, 0.717) is 48.5 Å². The lowest BCUT2D eigenvalue weighted by Gasteiger charge is -2.20. The van der Waals surface area contributed by atoms with Crippen LogP contribution in [0.25, 0.3) is 22.3 Å². The molecule has 0 aliphatic rings. The van der Waals surface area contributed by atoms with Crippen LogP contribution in [0.5, 0.6) is 0 Å². The second-order valence-electron chi connectivity index (χ2n) is 17.1. The Kier molecular flexibility index (Phi) is 15.5. The molecule has 0 aromatic heterocycles. The molecule has 0 fully saturated rings. The molecule has 0 unspecified atom stereocenters. The first-order chi connectivity index (χ1) is 36.9. The molecule has 0 aliphatic heterocycles. The zero-order valence-electron chi connectivity index (χ0n) is 39.3. The van der Waals surface area contributed by atoms with Crippen LogP contribution in [0.4, 0.5) is 113 Å². The minimum absolute atomic E-state index is 0.238. The number of anilines is 6. The average molecular weight is 1140 g/mol. The number of nitrogens with one attached hydrogen (secondary N) is 4. The van der Waals surface area contributed by atoms with Crippen molar-refractivity contribution in [1.29, 1.82) is 0 Å². The summed E-state index contributed by atoms with van der Waals surface area (Å²) in [5.74, 6) is -5.02. The summed E-state index contributed by atoms with van der Waals surface area (Å²) in [6, 6.07) is 13.4. The number of alkyl halides is 18. The number of nitrogen functional groups attached to an aromatic ring is 2. The van der Waals surface area contributed by atoms with Gasteiger partial charge in [-0.2, -0.15) is 79.0 Å². The summed E-state index contributed by atoms with van der Waals surface area (Å²) in [7, 11) is 0. The Morgan fingerprint density at radius 2 is 0.500 bits per heavy atom. The van der Waals surface area contributed by atoms with Crippen LogP contribution in [0.1, 0.15) is 74.8 Å². The van der Waals surface area contributed by atoms with Gasteiger partial charge in [-0.15, -0.1) is 0 Å². The molecular weight excluding hydrogens is 1110 g/mol. The van der Waals surface area contributed by atoms with E-state index in [-0.39, 0.29) is 35.4 Å². The van der Waals surface area contributed by atoms with Crippen molar-refractivity contribution in [2.24, 2.45) is 0 Å². The van der Waals surface area contributed by atoms with Gasteiger partial charge in [-0.25, -0.2) is 0 Å². The van der Waals surface area contributed by atoms with Crippen LogP contribution >= 0.6 is 0 Å². The number of benzene rings is 7. The molecule has 7 rings (SSSR count). The van der Waals surface area contributed by atoms with Crippen molar-refractivity contribution in [2.75, 3.05) is 32.7 Å². The molecule has 10 nitrogen and oxygen atoms in total. The predicted molar refractivity (Wildman–Crippen MR) is 254 cm³/mol. The zero-order chi connectivity index (χ0) is 59.2. The third kappa shape index (κ3) is 13.5. The van der Waals surface area contributed by atoms with Gasteiger partial charge in [0, 0.05) is 56.4 Å². The van der Waals surface area contributed by atoms with E-state index in [2.05, 4.69) is 10.6 Å². The van der Waals surface area contributed by atoms with Crippen molar-refractivity contribution < 1.29 is 98.2 Å². The van der Waals surface area contributed by atoms with Crippen molar-refractivity contribution in [3.8, 4) is 22.3 Å². The standard InChI is InChI=1S/C52H30F18N6O4/c53-47(54,55)27-13-25(15-29(71)17-27)45(79)75-33-7-11-37(41(21-33)51(65,66)67)35-9-5-31(19-39(35)49(59,60)61)73-43(77)23-1-2-24(4-3-23)44(78)74-32-6-10-36(40(20-32)50(62,63)64)38-12-8-34(22-42(38)52(68,69)70)76-46(80)26-14-28(48(56,57)58)18-30(72)16-26/h1-22H,71-72H2,(H,73,77)(H,74,78)(H,75,79)(H,76,80). The largest absolute Gasteiger partial charge is 0.417 e. The van der Waals surface area contributed by atoms with Gasteiger partial charge in [0.2, 0.25) is 0 Å². The van der Waals surface area contributed by atoms with E-state index in [1.165, 1.54) is 0 Å². The maximum Gasteiger partial charge on any atom is 0.417 e. The molecule has 80 heavy (non-hydrogen) atoms. The van der Waals surface area contributed by atoms with Crippen LogP contribution in [-0.4, -0.2) is 23.6 Å². The molecule has 4 amide bonds. The van der Waals surface area contributed by atoms with Crippen LogP contribution in [-0.2, 0) is 37.1 Å². The van der Waals surface area contributed by atoms with Gasteiger partial charge in [-0.3, -0.25) is 19.2 Å². The smallest absolute Gasteiger partial charge is 0.399 e. The second kappa shape index (κ2) is 21.2. The van der Waals surface area contributed by atoms with E-state index in [1.807, 2.05) is 10.6 Å². The third-order valence-corrected chi connectivity index (χ3v) is 11.4. The van der Waals surface area contributed by atoms with Crippen LogP contribution in [0.2, 0.25) is 0 Å². The van der Waals surface area contributed by atoms with Gasteiger partial charge < -0.3 is 32.7 Å². The molecule has 8 N–H and O–H groups in total. The Morgan fingerprint density at radius 3 is 0.713 bits per heavy atom. The molecule has 418 valence electrons. The molecule has 0 spiro atoms. The molecule has 0 saturated heterocycles. The lowest BCUT2D eigenvalue weighted by Crippen LogP contribution is -2.17. The first-order valence-electron chi connectivity index (χ1n) is 22.0. The van der Waals surface area contributed by atoms with Crippen LogP contribution in [0, 0.1) is 0 Å². The Balaban J connectivity index is 1.08. The summed E-state index contributed by atoms with van der Waals surface area (Å²) in [6.07, 6.45) is -31.5. The first kappa shape index (κ1) is 58.4. The first-order valence-corrected chi connectivity index (χ1v) is 22.0. The molecule has 7 aromatic rings. The number of hydrogen-bond donors (Lipinski definition) is 6. The fraction of sp³-hybridized carbons (Fsp3) is 0.115. The molecule has 0 heterocycles. The van der Waals surface area contributed by atoms with Gasteiger partial charge in [0.25, 0.3) is 23.6 Å². The molecule has 0 aliphatic carbocycles. The highest BCUT2D eigenvalue weighted by molar-refractivity contribution is 6.08. The molecule has 28 heteroatoms. The van der Waals surface area contributed by atoms with E-state index in [1.54, 1.807) is 0 Å². The summed E-state index contributed by atoms with van der Waals surface area (Å²) in [4.78, 5) is 51.9. The number of carbonyl (C=O) groups is 4. The normalized spacial score (nSPS) is 12.4. The van der Waals surface area contributed by atoms with Crippen molar-refractivity contribution >= 4 is 57.8 Å². The Bertz CT molecular complexity index is 3350. The zero-order valence-corrected chi connectivity index (χ0v) is 39.3. The highest BCUT2D eigenvalue weighted by Crippen LogP contribution is 2.47. The van der Waals surface area contributed by atoms with E-state index in [4.69, 9.17) is 11.5 Å². The van der Waals surface area contributed by atoms with Crippen molar-refractivity contribution in [2.45, 2.75) is 37.1 Å². The number of amides is 4. The van der Waals surface area contributed by atoms with Gasteiger partial charge in [0.15, 0.2) is 0 Å². The highest BCUT2D eigenvalue weighted by atomic mass is 19.4. The van der Waals surface area contributed by atoms with Gasteiger partial charge in [0.1, 0.15) is 0 Å². The quantitative estimate of drug-likeness (QED) is 0.0589. The van der Waals surface area contributed by atoms with E-state index in [9.17, 15) is 98.2 Å². The minimum Gasteiger partial charge on any atom is -0.399 e. The predicted octanol–water partition coefficient (Wildman–Crippen LogP) is 15.3. The fourth-order valence-corrected chi connectivity index (χ4v) is 7.84. The summed E-state index contributed by atoms with van der Waals surface area (Å²) in [5.41, 5.74) is -8.86. The maximum absolute atomic E-state index is 14.5. The molecule has 0 atom stereocenters. The van der Waals surface area contributed by atoms with Gasteiger partial charge >= 0.3 is 37.1 Å². The summed E-state index contributed by atoms with van der Waals surface area (Å²) >= 11 is 0. The van der Waals surface area contributed by atoms with Crippen molar-refractivity contribution in [3.05, 3.63) is 189 Å². The molecular formula is C52H30F18N6O4. The van der Waals surface area contributed by atoms with Gasteiger partial charge in [-0.05, 0) is 131 Å². The fourth-order valence-electron chi connectivity index (χ4n) is 7.84. The van der Waals surface area contributed by atoms with Crippen LogP contribution < -0.4 is 32.7 Å². The van der Waals surface area contributed by atoms with Crippen molar-refractivity contribution in [3.63, 3.8) is 0 Å². The van der Waals surface area contributed by atoms with E-state index in [0.717, 1.165) is 60.7 Å². The van der Waals surface area contributed by atoms with Crippen LogP contribution in [0.3, 0.4) is 0 Å². The number of carbonyl (C=O) groups excluding carboxylic acids is 4. The lowest BCUT2D eigenvalue weighted by atomic mass is 9.93. The highest BCUT2D eigenvalue weighted by Gasteiger charge is 2.41. The summed E-state index contributed by atoms with van der Waals surface area (Å²) in [6.45, 7) is 0. The van der Waals surface area contributed by atoms with Gasteiger partial charge in [-0.1, -0.05) is 24.3 Å². The monoisotopic (exact) mass is 1140 g/mol. The third-order valence-electron chi connectivity index (χ3n) is 11.4. The van der Waals surface area contributed by atoms with Crippen LogP contribution in [0.15, 0.2) is 133 Å². The lowest BCUT2D eigenvalue weighted by molar-refractivity contribution is -0.139. The minimum atomic E-state index is -5.40. The summed E-state index contributed by atoms with van der Waals surface area (Å²) < 4.78 is 253. The second-order valence-corrected chi connectivity index (χ2v) is 17.1. The number of hydrogen-bond acceptors (Lipinski definition) is 6. The number of nitrogens with two attached hydrogens (primary N) is 2. The Hall–Kier alpha value is -9.24. The number of halogens is 18. The molecule has 0 bridgehead atoms. The van der Waals surface area contributed by atoms with Crippen molar-refractivity contribution in [1.82, 2.24) is 0 Å². The topological polar surface area (TPSA) is 168 Å². The Morgan fingerprint density at radius 1 is 0.275 bits per heavy atom. The molecule has 7 aromatic carbocycles. The average Bonchev–Trinajstić information content (AvgIpc) is 3.42. The maximum atomic E-state index is 14.5. The Labute approximate surface area is 436 Å². The SMILES string of the molecule is Nc1cc(C(=O)Nc2ccc(-c3ccc(NC(=O)c4ccc(C(=O)Nc5ccc(-c6ccc(NC(=O)c7cc(N)cc(C(F)(F)F)c7)cc6C(F)(F)F)c(C(F)(F)F)c5)cc4)cc3C(F)(F)F)c(C(F)(F)F)c2)cc(C(F)(F)F)c1. The molecule has 0 radical (unpaired) electrons. The van der Waals surface area contributed by atoms with E-state index >= 15 is 0 Å². The number of rotatable bonds is 10. The van der Waals surface area contributed by atoms with E-state index < -0.39 is 162 Å².